The van der Waals surface area contributed by atoms with E-state index >= 15 is 0 Å². The van der Waals surface area contributed by atoms with Gasteiger partial charge in [0.1, 0.15) is 5.75 Å². The number of ether oxygens (including phenoxy) is 1. The van der Waals surface area contributed by atoms with Gasteiger partial charge in [0.2, 0.25) is 0 Å². The quantitative estimate of drug-likeness (QED) is 0.903. The molecule has 0 bridgehead atoms. The number of aromatic nitrogens is 1. The molecular formula is C14H17NO3. The molecule has 0 radical (unpaired) electrons. The topological polar surface area (TPSA) is 51.5 Å². The Labute approximate surface area is 106 Å². The van der Waals surface area contributed by atoms with E-state index in [0.717, 1.165) is 27.9 Å². The van der Waals surface area contributed by atoms with Crippen molar-refractivity contribution in [2.75, 3.05) is 7.11 Å². The van der Waals surface area contributed by atoms with Crippen molar-refractivity contribution in [3.05, 3.63) is 29.5 Å². The summed E-state index contributed by atoms with van der Waals surface area (Å²) in [6.45, 7) is 2.02. The molecule has 1 aromatic carbocycles. The maximum Gasteiger partial charge on any atom is 0.303 e. The lowest BCUT2D eigenvalue weighted by atomic mass is 10.1. The van der Waals surface area contributed by atoms with Crippen LogP contribution >= 0.6 is 0 Å². The molecule has 0 aliphatic carbocycles. The molecular weight excluding hydrogens is 230 g/mol. The van der Waals surface area contributed by atoms with Crippen LogP contribution in [0.2, 0.25) is 0 Å². The van der Waals surface area contributed by atoms with Crippen molar-refractivity contribution in [1.29, 1.82) is 0 Å². The zero-order valence-corrected chi connectivity index (χ0v) is 10.9. The fraction of sp³-hybridized carbons (Fsp3) is 0.357. The van der Waals surface area contributed by atoms with Crippen molar-refractivity contribution in [2.24, 2.45) is 7.05 Å². The molecule has 0 saturated heterocycles. The van der Waals surface area contributed by atoms with Gasteiger partial charge in [-0.25, -0.2) is 0 Å². The van der Waals surface area contributed by atoms with Crippen LogP contribution in [0.25, 0.3) is 10.9 Å². The smallest absolute Gasteiger partial charge is 0.303 e. The van der Waals surface area contributed by atoms with Gasteiger partial charge in [-0.2, -0.15) is 0 Å². The van der Waals surface area contributed by atoms with Crippen LogP contribution in [0.4, 0.5) is 0 Å². The zero-order valence-electron chi connectivity index (χ0n) is 10.9. The van der Waals surface area contributed by atoms with Gasteiger partial charge in [-0.1, -0.05) is 0 Å². The Kier molecular flexibility index (Phi) is 3.28. The molecule has 0 amide bonds. The third-order valence-electron chi connectivity index (χ3n) is 3.42. The lowest BCUT2D eigenvalue weighted by molar-refractivity contribution is -0.136. The van der Waals surface area contributed by atoms with Gasteiger partial charge in [-0.15, -0.1) is 0 Å². The molecule has 1 N–H and O–H groups in total. The number of hydrogen-bond acceptors (Lipinski definition) is 2. The van der Waals surface area contributed by atoms with Crippen molar-refractivity contribution in [3.63, 3.8) is 0 Å². The number of carboxylic acids is 1. The van der Waals surface area contributed by atoms with Crippen molar-refractivity contribution in [1.82, 2.24) is 4.57 Å². The molecule has 0 aliphatic heterocycles. The number of nitrogens with zero attached hydrogens (tertiary/aromatic N) is 1. The van der Waals surface area contributed by atoms with Crippen LogP contribution in [0, 0.1) is 6.92 Å². The standard InChI is InChI=1S/C14H17NO3/c1-9-11(6-7-14(16)17)12-5-4-10(18-3)8-13(12)15(9)2/h4-5,8H,6-7H2,1-3H3,(H,16,17). The normalized spacial score (nSPS) is 10.8. The SMILES string of the molecule is COc1ccc2c(CCC(=O)O)c(C)n(C)c2c1. The average Bonchev–Trinajstić information content (AvgIpc) is 2.59. The lowest BCUT2D eigenvalue weighted by Crippen LogP contribution is -1.99. The summed E-state index contributed by atoms with van der Waals surface area (Å²) in [4.78, 5) is 10.7. The molecule has 2 rings (SSSR count). The first-order chi connectivity index (χ1) is 8.54. The number of fused-ring (bicyclic) bond motifs is 1. The maximum atomic E-state index is 10.7. The van der Waals surface area contributed by atoms with Crippen molar-refractivity contribution >= 4 is 16.9 Å². The number of aryl methyl sites for hydroxylation is 2. The number of aliphatic carboxylic acids is 1. The van der Waals surface area contributed by atoms with Gasteiger partial charge in [-0.3, -0.25) is 4.79 Å². The second-order valence-electron chi connectivity index (χ2n) is 4.40. The van der Waals surface area contributed by atoms with Crippen LogP contribution in [-0.2, 0) is 18.3 Å². The molecule has 0 fully saturated rings. The molecule has 4 nitrogen and oxygen atoms in total. The second-order valence-corrected chi connectivity index (χ2v) is 4.40. The summed E-state index contributed by atoms with van der Waals surface area (Å²) in [5, 5.41) is 9.91. The van der Waals surface area contributed by atoms with Crippen molar-refractivity contribution in [2.45, 2.75) is 19.8 Å². The Bertz CT molecular complexity index is 599. The third-order valence-corrected chi connectivity index (χ3v) is 3.42. The lowest BCUT2D eigenvalue weighted by Gasteiger charge is -2.01. The summed E-state index contributed by atoms with van der Waals surface area (Å²) in [7, 11) is 3.63. The third kappa shape index (κ3) is 2.06. The molecule has 1 heterocycles. The molecule has 18 heavy (non-hydrogen) atoms. The number of benzene rings is 1. The van der Waals surface area contributed by atoms with Gasteiger partial charge in [0, 0.05) is 30.6 Å². The summed E-state index contributed by atoms with van der Waals surface area (Å²) >= 11 is 0. The van der Waals surface area contributed by atoms with E-state index in [2.05, 4.69) is 4.57 Å². The van der Waals surface area contributed by atoms with E-state index in [9.17, 15) is 4.79 Å². The Balaban J connectivity index is 2.52. The first-order valence-corrected chi connectivity index (χ1v) is 5.88. The van der Waals surface area contributed by atoms with Crippen LogP contribution in [0.3, 0.4) is 0 Å². The summed E-state index contributed by atoms with van der Waals surface area (Å²) in [5.74, 6) is 0.0489. The fourth-order valence-electron chi connectivity index (χ4n) is 2.30. The average molecular weight is 247 g/mol. The minimum absolute atomic E-state index is 0.159. The highest BCUT2D eigenvalue weighted by Crippen LogP contribution is 2.29. The van der Waals surface area contributed by atoms with E-state index in [1.165, 1.54) is 0 Å². The molecule has 2 aromatic rings. The highest BCUT2D eigenvalue weighted by atomic mass is 16.5. The molecule has 0 spiro atoms. The molecule has 0 saturated carbocycles. The van der Waals surface area contributed by atoms with Gasteiger partial charge in [0.15, 0.2) is 0 Å². The number of carboxylic acid groups (broad SMARTS) is 1. The highest BCUT2D eigenvalue weighted by Gasteiger charge is 2.13. The van der Waals surface area contributed by atoms with Crippen LogP contribution in [0.5, 0.6) is 5.75 Å². The Morgan fingerprint density at radius 2 is 2.17 bits per heavy atom. The minimum atomic E-state index is -0.764. The second kappa shape index (κ2) is 4.72. The van der Waals surface area contributed by atoms with Crippen LogP contribution in [0.1, 0.15) is 17.7 Å². The summed E-state index contributed by atoms with van der Waals surface area (Å²) in [6, 6.07) is 5.89. The fourth-order valence-corrected chi connectivity index (χ4v) is 2.30. The molecule has 0 aliphatic rings. The van der Waals surface area contributed by atoms with Gasteiger partial charge in [0.25, 0.3) is 0 Å². The van der Waals surface area contributed by atoms with E-state index in [1.54, 1.807) is 7.11 Å². The monoisotopic (exact) mass is 247 g/mol. The van der Waals surface area contributed by atoms with Crippen LogP contribution < -0.4 is 4.74 Å². The summed E-state index contributed by atoms with van der Waals surface area (Å²) in [6.07, 6.45) is 0.719. The molecule has 0 atom stereocenters. The Morgan fingerprint density at radius 3 is 2.78 bits per heavy atom. The van der Waals surface area contributed by atoms with E-state index in [0.29, 0.717) is 6.42 Å². The maximum absolute atomic E-state index is 10.7. The predicted octanol–water partition coefficient (Wildman–Crippen LogP) is 2.51. The Morgan fingerprint density at radius 1 is 1.44 bits per heavy atom. The van der Waals surface area contributed by atoms with E-state index in [4.69, 9.17) is 9.84 Å². The number of rotatable bonds is 4. The van der Waals surface area contributed by atoms with E-state index in [-0.39, 0.29) is 6.42 Å². The van der Waals surface area contributed by atoms with E-state index < -0.39 is 5.97 Å². The van der Waals surface area contributed by atoms with Crippen LogP contribution in [-0.4, -0.2) is 22.8 Å². The molecule has 4 heteroatoms. The predicted molar refractivity (Wildman–Crippen MR) is 70.2 cm³/mol. The summed E-state index contributed by atoms with van der Waals surface area (Å²) < 4.78 is 7.30. The first kappa shape index (κ1) is 12.5. The van der Waals surface area contributed by atoms with Crippen molar-refractivity contribution in [3.8, 4) is 5.75 Å². The van der Waals surface area contributed by atoms with Crippen molar-refractivity contribution < 1.29 is 14.6 Å². The zero-order chi connectivity index (χ0) is 13.3. The molecule has 96 valence electrons. The van der Waals surface area contributed by atoms with Gasteiger partial charge >= 0.3 is 5.97 Å². The number of hydrogen-bond donors (Lipinski definition) is 1. The minimum Gasteiger partial charge on any atom is -0.497 e. The highest BCUT2D eigenvalue weighted by molar-refractivity contribution is 5.87. The summed E-state index contributed by atoms with van der Waals surface area (Å²) in [5.41, 5.74) is 3.30. The molecule has 1 aromatic heterocycles. The number of carbonyl (C=O) groups is 1. The molecule has 0 unspecified atom stereocenters. The number of methoxy groups -OCH3 is 1. The van der Waals surface area contributed by atoms with Gasteiger partial charge in [-0.05, 0) is 31.0 Å². The largest absolute Gasteiger partial charge is 0.497 e. The Hall–Kier alpha value is -1.97. The van der Waals surface area contributed by atoms with Gasteiger partial charge in [0.05, 0.1) is 12.6 Å². The van der Waals surface area contributed by atoms with Crippen LogP contribution in [0.15, 0.2) is 18.2 Å². The first-order valence-electron chi connectivity index (χ1n) is 5.88. The van der Waals surface area contributed by atoms with Gasteiger partial charge < -0.3 is 14.4 Å². The van der Waals surface area contributed by atoms with E-state index in [1.807, 2.05) is 32.2 Å².